The summed E-state index contributed by atoms with van der Waals surface area (Å²) in [6.45, 7) is 5.39. The Bertz CT molecular complexity index is 664. The molecule has 2 rings (SSSR count). The molecule has 5 nitrogen and oxygen atoms in total. The van der Waals surface area contributed by atoms with Crippen LogP contribution in [-0.2, 0) is 20.0 Å². The molecule has 1 atom stereocenters. The molecule has 1 aliphatic heterocycles. The van der Waals surface area contributed by atoms with E-state index >= 15 is 0 Å². The summed E-state index contributed by atoms with van der Waals surface area (Å²) < 4.78 is 23.0. The Morgan fingerprint density at radius 2 is 1.34 bits per heavy atom. The molecule has 6 heteroatoms. The highest BCUT2D eigenvalue weighted by Gasteiger charge is 2.29. The molecule has 0 saturated carbocycles. The lowest BCUT2D eigenvalue weighted by Crippen LogP contribution is -2.37. The third-order valence-corrected chi connectivity index (χ3v) is 8.20. The predicted octanol–water partition coefficient (Wildman–Crippen LogP) is 8.31. The van der Waals surface area contributed by atoms with E-state index in [1.165, 1.54) is 82.6 Å². The van der Waals surface area contributed by atoms with Crippen molar-refractivity contribution in [2.45, 2.75) is 122 Å². The van der Waals surface area contributed by atoms with Crippen molar-refractivity contribution in [2.75, 3.05) is 26.2 Å². The number of rotatable bonds is 21. The average molecular weight is 510 g/mol. The van der Waals surface area contributed by atoms with E-state index in [0.717, 1.165) is 51.7 Å². The summed E-state index contributed by atoms with van der Waals surface area (Å²) >= 11 is 0. The van der Waals surface area contributed by atoms with Crippen LogP contribution < -0.4 is 0 Å². The van der Waals surface area contributed by atoms with Gasteiger partial charge in [-0.1, -0.05) is 121 Å². The van der Waals surface area contributed by atoms with Gasteiger partial charge in [0.25, 0.3) is 0 Å². The van der Waals surface area contributed by atoms with Crippen LogP contribution in [0.15, 0.2) is 30.3 Å². The number of unbranched alkanes of at least 4 members (excludes halogenated alkanes) is 13. The number of nitrogens with zero attached hydrogens (tertiary/aromatic N) is 1. The number of hydrogen-bond acceptors (Lipinski definition) is 4. The van der Waals surface area contributed by atoms with E-state index in [2.05, 4.69) is 36.1 Å². The van der Waals surface area contributed by atoms with Crippen LogP contribution in [0.3, 0.4) is 0 Å². The molecule has 0 spiro atoms. The normalized spacial score (nSPS) is 17.0. The summed E-state index contributed by atoms with van der Waals surface area (Å²) in [4.78, 5) is 12.5. The van der Waals surface area contributed by atoms with Gasteiger partial charge in [0.1, 0.15) is 0 Å². The van der Waals surface area contributed by atoms with Gasteiger partial charge in [0.15, 0.2) is 0 Å². The zero-order chi connectivity index (χ0) is 25.0. The largest absolute Gasteiger partial charge is 0.472 e. The first-order chi connectivity index (χ1) is 17.1. The van der Waals surface area contributed by atoms with Crippen molar-refractivity contribution in [3.05, 3.63) is 35.9 Å². The van der Waals surface area contributed by atoms with E-state index in [-0.39, 0.29) is 6.10 Å². The van der Waals surface area contributed by atoms with Crippen molar-refractivity contribution in [2.24, 2.45) is 0 Å². The van der Waals surface area contributed by atoms with Gasteiger partial charge < -0.3 is 9.79 Å². The minimum Gasteiger partial charge on any atom is -0.303 e. The van der Waals surface area contributed by atoms with Crippen molar-refractivity contribution < 1.29 is 18.5 Å². The molecule has 0 aromatic heterocycles. The molecule has 1 unspecified atom stereocenters. The van der Waals surface area contributed by atoms with E-state index in [1.807, 2.05) is 6.07 Å². The lowest BCUT2D eigenvalue weighted by Gasteiger charge is -2.32. The Kier molecular flexibility index (Phi) is 16.9. The second kappa shape index (κ2) is 19.4. The molecule has 1 fully saturated rings. The van der Waals surface area contributed by atoms with Gasteiger partial charge in [-0.25, -0.2) is 4.57 Å². The fourth-order valence-corrected chi connectivity index (χ4v) is 5.87. The molecule has 0 bridgehead atoms. The highest BCUT2D eigenvalue weighted by molar-refractivity contribution is 7.47. The van der Waals surface area contributed by atoms with Gasteiger partial charge >= 0.3 is 7.82 Å². The summed E-state index contributed by atoms with van der Waals surface area (Å²) in [6, 6.07) is 10.5. The van der Waals surface area contributed by atoms with Gasteiger partial charge in [0.05, 0.1) is 12.7 Å². The van der Waals surface area contributed by atoms with Gasteiger partial charge in [0, 0.05) is 19.6 Å². The lowest BCUT2D eigenvalue weighted by atomic mass is 10.0. The molecule has 1 saturated heterocycles. The second-order valence-corrected chi connectivity index (χ2v) is 11.7. The van der Waals surface area contributed by atoms with Crippen LogP contribution in [0.5, 0.6) is 0 Å². The second-order valence-electron chi connectivity index (χ2n) is 10.3. The topological polar surface area (TPSA) is 59.0 Å². The molecule has 1 aromatic rings. The molecule has 1 N–H and O–H groups in total. The fourth-order valence-electron chi connectivity index (χ4n) is 4.87. The number of phosphoric ester groups is 1. The van der Waals surface area contributed by atoms with Crippen LogP contribution in [0.2, 0.25) is 0 Å². The maximum absolute atomic E-state index is 12.3. The summed E-state index contributed by atoms with van der Waals surface area (Å²) in [5, 5.41) is 0. The molecule has 35 heavy (non-hydrogen) atoms. The van der Waals surface area contributed by atoms with Crippen molar-refractivity contribution in [3.63, 3.8) is 0 Å². The zero-order valence-electron chi connectivity index (χ0n) is 22.4. The van der Waals surface area contributed by atoms with Crippen LogP contribution in [0.4, 0.5) is 0 Å². The molecule has 1 aromatic carbocycles. The van der Waals surface area contributed by atoms with E-state index in [0.29, 0.717) is 6.61 Å². The fraction of sp³-hybridized carbons (Fsp3) is 0.793. The van der Waals surface area contributed by atoms with E-state index in [1.54, 1.807) is 0 Å². The highest BCUT2D eigenvalue weighted by atomic mass is 31.2. The number of piperidine rings is 1. The maximum atomic E-state index is 12.3. The first kappa shape index (κ1) is 30.5. The van der Waals surface area contributed by atoms with Crippen LogP contribution in [0, 0.1) is 0 Å². The third-order valence-electron chi connectivity index (χ3n) is 7.13. The standard InChI is InChI=1S/C29H52NO4P/c1-2-3-4-5-6-7-8-9-10-11-12-13-14-18-27-33-35(31,32)34-29-22-25-30(26-23-29)24-21-28-19-16-15-17-20-28/h15-17,19-20,29H,2-14,18,21-27H2,1H3,(H,31,32). The number of phosphoric acid groups is 1. The molecule has 1 aliphatic rings. The van der Waals surface area contributed by atoms with E-state index in [4.69, 9.17) is 9.05 Å². The predicted molar refractivity (Wildman–Crippen MR) is 147 cm³/mol. The first-order valence-electron chi connectivity index (χ1n) is 14.5. The summed E-state index contributed by atoms with van der Waals surface area (Å²) in [7, 11) is -3.95. The van der Waals surface area contributed by atoms with Crippen molar-refractivity contribution in [3.8, 4) is 0 Å². The smallest absolute Gasteiger partial charge is 0.303 e. The summed E-state index contributed by atoms with van der Waals surface area (Å²) in [5.41, 5.74) is 1.35. The van der Waals surface area contributed by atoms with Gasteiger partial charge in [-0.05, 0) is 31.2 Å². The van der Waals surface area contributed by atoms with Crippen molar-refractivity contribution >= 4 is 7.82 Å². The molecule has 0 aliphatic carbocycles. The molecular weight excluding hydrogens is 457 g/mol. The number of benzene rings is 1. The van der Waals surface area contributed by atoms with Gasteiger partial charge in [0.2, 0.25) is 0 Å². The SMILES string of the molecule is CCCCCCCCCCCCCCCCOP(=O)(O)OC1CCN(CCc2ccccc2)CC1. The van der Waals surface area contributed by atoms with Crippen LogP contribution >= 0.6 is 7.82 Å². The summed E-state index contributed by atoms with van der Waals surface area (Å²) in [5.74, 6) is 0. The summed E-state index contributed by atoms with van der Waals surface area (Å²) in [6.07, 6.45) is 20.5. The van der Waals surface area contributed by atoms with Crippen molar-refractivity contribution in [1.29, 1.82) is 0 Å². The quantitative estimate of drug-likeness (QED) is 0.133. The molecule has 0 amide bonds. The number of hydrogen-bond donors (Lipinski definition) is 1. The minimum absolute atomic E-state index is 0.185. The van der Waals surface area contributed by atoms with Gasteiger partial charge in [-0.3, -0.25) is 9.05 Å². The Labute approximate surface area is 215 Å². The monoisotopic (exact) mass is 509 g/mol. The number of likely N-dealkylation sites (tertiary alicyclic amines) is 1. The lowest BCUT2D eigenvalue weighted by molar-refractivity contribution is 0.0577. The third kappa shape index (κ3) is 15.9. The van der Waals surface area contributed by atoms with E-state index in [9.17, 15) is 9.46 Å². The molecule has 0 radical (unpaired) electrons. The van der Waals surface area contributed by atoms with Crippen LogP contribution in [-0.4, -0.2) is 42.1 Å². The molecule has 1 heterocycles. The van der Waals surface area contributed by atoms with Gasteiger partial charge in [-0.2, -0.15) is 0 Å². The maximum Gasteiger partial charge on any atom is 0.472 e. The van der Waals surface area contributed by atoms with Crippen LogP contribution in [0.25, 0.3) is 0 Å². The zero-order valence-corrected chi connectivity index (χ0v) is 23.3. The minimum atomic E-state index is -3.95. The Morgan fingerprint density at radius 3 is 1.89 bits per heavy atom. The van der Waals surface area contributed by atoms with Crippen molar-refractivity contribution in [1.82, 2.24) is 4.90 Å². The Morgan fingerprint density at radius 1 is 0.829 bits per heavy atom. The average Bonchev–Trinajstić information content (AvgIpc) is 2.86. The molecular formula is C29H52NO4P. The Hall–Kier alpha value is -0.710. The van der Waals surface area contributed by atoms with Crippen LogP contribution in [0.1, 0.15) is 115 Å². The molecule has 202 valence electrons. The first-order valence-corrected chi connectivity index (χ1v) is 16.0. The van der Waals surface area contributed by atoms with E-state index < -0.39 is 7.82 Å². The van der Waals surface area contributed by atoms with Gasteiger partial charge in [-0.15, -0.1) is 0 Å². The highest BCUT2D eigenvalue weighted by Crippen LogP contribution is 2.46. The Balaban J connectivity index is 1.39.